The Morgan fingerprint density at radius 2 is 0.927 bits per heavy atom. The van der Waals surface area contributed by atoms with Crippen LogP contribution in [0.4, 0.5) is 11.4 Å². The summed E-state index contributed by atoms with van der Waals surface area (Å²) in [5, 5.41) is -0.576. The van der Waals surface area contributed by atoms with Crippen LogP contribution in [0.25, 0.3) is 0 Å². The first-order valence-corrected chi connectivity index (χ1v) is 17.0. The molecule has 4 nitrogen and oxygen atoms in total. The zero-order valence-corrected chi connectivity index (χ0v) is 26.6. The lowest BCUT2D eigenvalue weighted by molar-refractivity contribution is 0.540. The molecule has 41 heavy (non-hydrogen) atoms. The van der Waals surface area contributed by atoms with E-state index in [4.69, 9.17) is 0 Å². The Morgan fingerprint density at radius 1 is 0.561 bits per heavy atom. The minimum absolute atomic E-state index is 0.238. The number of unbranched alkanes of at least 4 members (excludes halogenated alkanes) is 4. The summed E-state index contributed by atoms with van der Waals surface area (Å²) in [6.45, 7) is 13.1. The Bertz CT molecular complexity index is 1120. The van der Waals surface area contributed by atoms with Gasteiger partial charge in [0.2, 0.25) is 0 Å². The van der Waals surface area contributed by atoms with E-state index in [1.165, 1.54) is 49.9 Å². The molecule has 224 valence electrons. The van der Waals surface area contributed by atoms with Gasteiger partial charge in [-0.25, -0.2) is 4.21 Å². The van der Waals surface area contributed by atoms with Gasteiger partial charge in [-0.1, -0.05) is 108 Å². The van der Waals surface area contributed by atoms with E-state index >= 15 is 0 Å². The molecule has 0 aliphatic rings. The average Bonchev–Trinajstić information content (AvgIpc) is 3.01. The Hall–Kier alpha value is -2.63. The first-order valence-electron chi connectivity index (χ1n) is 15.9. The lowest BCUT2D eigenvalue weighted by Gasteiger charge is -2.29. The molecule has 1 N–H and O–H groups in total. The molecule has 3 aromatic carbocycles. The molecule has 0 aliphatic heterocycles. The molecule has 3 unspecified atom stereocenters. The fraction of sp³-hybridized carbons (Fsp3) is 0.500. The van der Waals surface area contributed by atoms with Crippen LogP contribution in [0.1, 0.15) is 107 Å². The molecular formula is C36H52N2O2S. The van der Waals surface area contributed by atoms with E-state index in [0.29, 0.717) is 0 Å². The second kappa shape index (κ2) is 18.0. The summed E-state index contributed by atoms with van der Waals surface area (Å²) in [7, 11) is 0. The Labute approximate surface area is 252 Å². The van der Waals surface area contributed by atoms with Crippen molar-refractivity contribution in [1.82, 2.24) is 0 Å². The highest BCUT2D eigenvalue weighted by molar-refractivity contribution is 7.79. The Kier molecular flexibility index (Phi) is 14.5. The number of hydrogen-bond acceptors (Lipinski definition) is 3. The number of benzene rings is 3. The summed E-state index contributed by atoms with van der Waals surface area (Å²) in [6, 6.07) is 27.4. The van der Waals surface area contributed by atoms with Gasteiger partial charge in [0.1, 0.15) is 0 Å². The summed E-state index contributed by atoms with van der Waals surface area (Å²) in [6.07, 6.45) is 9.35. The molecule has 3 atom stereocenters. The van der Waals surface area contributed by atoms with Gasteiger partial charge in [0.05, 0.1) is 5.25 Å². The molecular weight excluding hydrogens is 524 g/mol. The van der Waals surface area contributed by atoms with E-state index in [0.717, 1.165) is 55.7 Å². The first kappa shape index (κ1) is 32.9. The minimum atomic E-state index is -2.06. The molecule has 0 saturated heterocycles. The Morgan fingerprint density at radius 3 is 1.29 bits per heavy atom. The van der Waals surface area contributed by atoms with Crippen LogP contribution in [0.2, 0.25) is 0 Å². The van der Waals surface area contributed by atoms with Crippen LogP contribution in [-0.2, 0) is 11.1 Å². The molecule has 0 aromatic heterocycles. The van der Waals surface area contributed by atoms with E-state index in [1.807, 2.05) is 18.2 Å². The van der Waals surface area contributed by atoms with Crippen LogP contribution in [0.5, 0.6) is 0 Å². The normalized spacial score (nSPS) is 13.5. The van der Waals surface area contributed by atoms with Crippen LogP contribution in [-0.4, -0.2) is 34.9 Å². The molecule has 3 aromatic rings. The fourth-order valence-electron chi connectivity index (χ4n) is 5.53. The maximum Gasteiger partial charge on any atom is 0.161 e. The zero-order valence-electron chi connectivity index (χ0n) is 25.8. The summed E-state index contributed by atoms with van der Waals surface area (Å²) < 4.78 is 23.9. The van der Waals surface area contributed by atoms with Crippen molar-refractivity contribution in [3.8, 4) is 0 Å². The van der Waals surface area contributed by atoms with E-state index in [9.17, 15) is 8.76 Å². The van der Waals surface area contributed by atoms with Gasteiger partial charge < -0.3 is 14.4 Å². The first-order chi connectivity index (χ1) is 20.0. The van der Waals surface area contributed by atoms with Crippen LogP contribution in [0.15, 0.2) is 78.9 Å². The smallest absolute Gasteiger partial charge is 0.161 e. The van der Waals surface area contributed by atoms with E-state index < -0.39 is 16.3 Å². The molecule has 3 rings (SSSR count). The van der Waals surface area contributed by atoms with Crippen molar-refractivity contribution in [2.75, 3.05) is 36.0 Å². The van der Waals surface area contributed by atoms with E-state index in [1.54, 1.807) is 0 Å². The lowest BCUT2D eigenvalue weighted by atomic mass is 9.85. The maximum atomic E-state index is 13.1. The van der Waals surface area contributed by atoms with Crippen molar-refractivity contribution >= 4 is 22.5 Å². The van der Waals surface area contributed by atoms with Crippen molar-refractivity contribution in [1.29, 1.82) is 0 Å². The van der Waals surface area contributed by atoms with Crippen LogP contribution >= 0.6 is 0 Å². The minimum Gasteiger partial charge on any atom is -0.372 e. The third-order valence-electron chi connectivity index (χ3n) is 8.01. The van der Waals surface area contributed by atoms with Gasteiger partial charge in [0.25, 0.3) is 0 Å². The predicted octanol–water partition coefficient (Wildman–Crippen LogP) is 9.59. The van der Waals surface area contributed by atoms with E-state index in [2.05, 4.69) is 98.2 Å². The molecule has 0 spiro atoms. The molecule has 5 heteroatoms. The largest absolute Gasteiger partial charge is 0.372 e. The molecule has 0 amide bonds. The fourth-order valence-corrected chi connectivity index (χ4v) is 6.47. The van der Waals surface area contributed by atoms with Gasteiger partial charge in [0, 0.05) is 43.5 Å². The lowest BCUT2D eigenvalue weighted by Crippen LogP contribution is -2.26. The predicted molar refractivity (Wildman–Crippen MR) is 179 cm³/mol. The molecule has 0 heterocycles. The van der Waals surface area contributed by atoms with Gasteiger partial charge in [-0.3, -0.25) is 0 Å². The zero-order chi connectivity index (χ0) is 29.5. The van der Waals surface area contributed by atoms with Crippen molar-refractivity contribution in [3.05, 3.63) is 95.6 Å². The number of hydrogen-bond donors (Lipinski definition) is 1. The molecule has 0 aliphatic carbocycles. The highest BCUT2D eigenvalue weighted by Crippen LogP contribution is 2.41. The summed E-state index contributed by atoms with van der Waals surface area (Å²) in [4.78, 5) is 4.94. The number of anilines is 2. The van der Waals surface area contributed by atoms with Crippen LogP contribution < -0.4 is 9.80 Å². The number of nitrogens with zero attached hydrogens (tertiary/aromatic N) is 2. The van der Waals surface area contributed by atoms with Crippen LogP contribution in [0, 0.1) is 0 Å². The third-order valence-corrected chi connectivity index (χ3v) is 8.99. The van der Waals surface area contributed by atoms with Crippen molar-refractivity contribution in [2.24, 2.45) is 0 Å². The monoisotopic (exact) mass is 576 g/mol. The molecule has 0 saturated carbocycles. The maximum absolute atomic E-state index is 13.1. The van der Waals surface area contributed by atoms with Gasteiger partial charge in [-0.15, -0.1) is 0 Å². The van der Waals surface area contributed by atoms with Crippen LogP contribution in [0.3, 0.4) is 0 Å². The molecule has 0 fully saturated rings. The van der Waals surface area contributed by atoms with Crippen molar-refractivity contribution in [3.63, 3.8) is 0 Å². The second-order valence-corrected chi connectivity index (χ2v) is 12.2. The third kappa shape index (κ3) is 9.72. The van der Waals surface area contributed by atoms with Gasteiger partial charge >= 0.3 is 0 Å². The Balaban J connectivity index is 1.97. The highest BCUT2D eigenvalue weighted by atomic mass is 32.2. The standard InChI is InChI=1S/C36H52N2O2S/c1-5-9-26-37(27-10-6-2)33-22-18-31(19-23-33)35(30-16-14-13-15-17-30)36(41(39)40)32-20-24-34(25-21-32)38(28-11-7-3)29-12-8-4/h13-25,35-36H,5-12,26-29H2,1-4H3,(H,39,40). The van der Waals surface area contributed by atoms with Gasteiger partial charge in [-0.2, -0.15) is 0 Å². The molecule has 0 radical (unpaired) electrons. The second-order valence-electron chi connectivity index (χ2n) is 11.2. The quantitative estimate of drug-likeness (QED) is 0.144. The van der Waals surface area contributed by atoms with Crippen molar-refractivity contribution < 1.29 is 8.76 Å². The SMILES string of the molecule is CCCCN(CCCC)c1ccc(C(c2ccccc2)C(c2ccc(N(CCCC)CCCC)cc2)S(=O)O)cc1. The number of rotatable bonds is 19. The summed E-state index contributed by atoms with van der Waals surface area (Å²) in [5.74, 6) is -0.238. The average molecular weight is 577 g/mol. The van der Waals surface area contributed by atoms with E-state index in [-0.39, 0.29) is 5.92 Å². The van der Waals surface area contributed by atoms with Gasteiger partial charge in [0.15, 0.2) is 11.1 Å². The highest BCUT2D eigenvalue weighted by Gasteiger charge is 2.31. The molecule has 0 bridgehead atoms. The van der Waals surface area contributed by atoms with Gasteiger partial charge in [-0.05, 0) is 66.6 Å². The van der Waals surface area contributed by atoms with Crippen molar-refractivity contribution in [2.45, 2.75) is 90.2 Å². The topological polar surface area (TPSA) is 43.8 Å². The summed E-state index contributed by atoms with van der Waals surface area (Å²) in [5.41, 5.74) is 5.43. The summed E-state index contributed by atoms with van der Waals surface area (Å²) >= 11 is -2.06.